The zero-order valence-electron chi connectivity index (χ0n) is 7.17. The first-order chi connectivity index (χ1) is 6.02. The van der Waals surface area contributed by atoms with Gasteiger partial charge in [0, 0.05) is 5.56 Å². The van der Waals surface area contributed by atoms with Gasteiger partial charge in [0.1, 0.15) is 11.6 Å². The highest BCUT2D eigenvalue weighted by Gasteiger charge is 2.16. The summed E-state index contributed by atoms with van der Waals surface area (Å²) < 4.78 is 25.7. The van der Waals surface area contributed by atoms with Gasteiger partial charge in [-0.1, -0.05) is 0 Å². The number of rotatable bonds is 2. The van der Waals surface area contributed by atoms with E-state index in [-0.39, 0.29) is 5.56 Å². The van der Waals surface area contributed by atoms with E-state index in [0.29, 0.717) is 0 Å². The Kier molecular flexibility index (Phi) is 2.95. The molecule has 1 aromatic rings. The van der Waals surface area contributed by atoms with Crippen LogP contribution in [0.5, 0.6) is 0 Å². The van der Waals surface area contributed by atoms with Gasteiger partial charge < -0.3 is 10.8 Å². The van der Waals surface area contributed by atoms with Gasteiger partial charge in [0.25, 0.3) is 0 Å². The highest BCUT2D eigenvalue weighted by molar-refractivity contribution is 5.22. The zero-order chi connectivity index (χ0) is 10.0. The monoisotopic (exact) mass is 187 g/mol. The van der Waals surface area contributed by atoms with E-state index in [9.17, 15) is 8.78 Å². The van der Waals surface area contributed by atoms with Gasteiger partial charge in [-0.05, 0) is 25.1 Å². The Morgan fingerprint density at radius 1 is 1.38 bits per heavy atom. The lowest BCUT2D eigenvalue weighted by Crippen LogP contribution is -2.24. The van der Waals surface area contributed by atoms with E-state index in [0.717, 1.165) is 18.2 Å². The Balaban J connectivity index is 3.05. The van der Waals surface area contributed by atoms with E-state index in [2.05, 4.69) is 0 Å². The first-order valence-electron chi connectivity index (χ1n) is 3.91. The molecule has 1 aromatic carbocycles. The van der Waals surface area contributed by atoms with Crippen LogP contribution in [0, 0.1) is 11.6 Å². The predicted molar refractivity (Wildman–Crippen MR) is 45.0 cm³/mol. The van der Waals surface area contributed by atoms with Crippen molar-refractivity contribution in [3.63, 3.8) is 0 Å². The largest absolute Gasteiger partial charge is 0.391 e. The highest BCUT2D eigenvalue weighted by Crippen LogP contribution is 2.18. The third-order valence-corrected chi connectivity index (χ3v) is 1.84. The van der Waals surface area contributed by atoms with E-state index < -0.39 is 23.8 Å². The van der Waals surface area contributed by atoms with Crippen LogP contribution in [0.15, 0.2) is 18.2 Å². The summed E-state index contributed by atoms with van der Waals surface area (Å²) in [5.41, 5.74) is 5.45. The van der Waals surface area contributed by atoms with Crippen molar-refractivity contribution < 1.29 is 13.9 Å². The van der Waals surface area contributed by atoms with Crippen LogP contribution in [0.4, 0.5) is 8.78 Å². The lowest BCUT2D eigenvalue weighted by atomic mass is 10.0. The Morgan fingerprint density at radius 2 is 2.00 bits per heavy atom. The molecule has 0 aliphatic rings. The smallest absolute Gasteiger partial charge is 0.128 e. The standard InChI is InChI=1S/C9H11F2NO/c1-5(13)9(12)7-4-6(10)2-3-8(7)11/h2-5,9,13H,12H2,1H3/t5?,9-/m1/s1. The average molecular weight is 187 g/mol. The Bertz CT molecular complexity index is 302. The number of aliphatic hydroxyl groups excluding tert-OH is 1. The molecule has 3 N–H and O–H groups in total. The number of hydrogen-bond acceptors (Lipinski definition) is 2. The SMILES string of the molecule is CC(O)[C@@H](N)c1cc(F)ccc1F. The molecule has 0 saturated carbocycles. The molecular weight excluding hydrogens is 176 g/mol. The third kappa shape index (κ3) is 2.23. The van der Waals surface area contributed by atoms with E-state index in [1.165, 1.54) is 6.92 Å². The highest BCUT2D eigenvalue weighted by atomic mass is 19.1. The molecule has 0 radical (unpaired) electrons. The van der Waals surface area contributed by atoms with Crippen molar-refractivity contribution in [3.05, 3.63) is 35.4 Å². The second-order valence-corrected chi connectivity index (χ2v) is 2.93. The number of nitrogens with two attached hydrogens (primary N) is 1. The molecule has 13 heavy (non-hydrogen) atoms. The minimum Gasteiger partial charge on any atom is -0.391 e. The molecule has 1 rings (SSSR count). The minimum absolute atomic E-state index is 0.00463. The Hall–Kier alpha value is -1.00. The summed E-state index contributed by atoms with van der Waals surface area (Å²) in [7, 11) is 0. The van der Waals surface area contributed by atoms with E-state index in [1.807, 2.05) is 0 Å². The van der Waals surface area contributed by atoms with Crippen molar-refractivity contribution in [2.24, 2.45) is 5.73 Å². The Labute approximate surface area is 75.0 Å². The van der Waals surface area contributed by atoms with Crippen LogP contribution in [-0.4, -0.2) is 11.2 Å². The fourth-order valence-corrected chi connectivity index (χ4v) is 1.03. The van der Waals surface area contributed by atoms with Gasteiger partial charge in [0.2, 0.25) is 0 Å². The minimum atomic E-state index is -0.906. The summed E-state index contributed by atoms with van der Waals surface area (Å²) >= 11 is 0. The predicted octanol–water partition coefficient (Wildman–Crippen LogP) is 1.35. The second-order valence-electron chi connectivity index (χ2n) is 2.93. The molecule has 2 atom stereocenters. The number of aliphatic hydroxyl groups is 1. The van der Waals surface area contributed by atoms with Gasteiger partial charge in [0.05, 0.1) is 12.1 Å². The van der Waals surface area contributed by atoms with Crippen molar-refractivity contribution in [2.75, 3.05) is 0 Å². The number of hydrogen-bond donors (Lipinski definition) is 2. The molecule has 0 spiro atoms. The van der Waals surface area contributed by atoms with Crippen molar-refractivity contribution in [3.8, 4) is 0 Å². The van der Waals surface area contributed by atoms with E-state index in [1.54, 1.807) is 0 Å². The van der Waals surface area contributed by atoms with Gasteiger partial charge in [0.15, 0.2) is 0 Å². The van der Waals surface area contributed by atoms with Crippen LogP contribution >= 0.6 is 0 Å². The fourth-order valence-electron chi connectivity index (χ4n) is 1.03. The van der Waals surface area contributed by atoms with Crippen LogP contribution < -0.4 is 5.73 Å². The zero-order valence-corrected chi connectivity index (χ0v) is 7.17. The molecule has 2 nitrogen and oxygen atoms in total. The van der Waals surface area contributed by atoms with Crippen molar-refractivity contribution in [1.29, 1.82) is 0 Å². The van der Waals surface area contributed by atoms with Crippen molar-refractivity contribution >= 4 is 0 Å². The summed E-state index contributed by atoms with van der Waals surface area (Å²) in [5.74, 6) is -1.16. The van der Waals surface area contributed by atoms with Crippen LogP contribution in [0.1, 0.15) is 18.5 Å². The van der Waals surface area contributed by atoms with Crippen molar-refractivity contribution in [1.82, 2.24) is 0 Å². The first-order valence-corrected chi connectivity index (χ1v) is 3.91. The second kappa shape index (κ2) is 3.81. The van der Waals surface area contributed by atoms with Crippen LogP contribution in [0.3, 0.4) is 0 Å². The van der Waals surface area contributed by atoms with Crippen LogP contribution in [-0.2, 0) is 0 Å². The van der Waals surface area contributed by atoms with Gasteiger partial charge in [-0.2, -0.15) is 0 Å². The quantitative estimate of drug-likeness (QED) is 0.734. The van der Waals surface area contributed by atoms with Gasteiger partial charge in [-0.3, -0.25) is 0 Å². The maximum atomic E-state index is 13.0. The molecule has 1 unspecified atom stereocenters. The van der Waals surface area contributed by atoms with E-state index in [4.69, 9.17) is 10.8 Å². The average Bonchev–Trinajstić information content (AvgIpc) is 2.08. The molecule has 0 amide bonds. The van der Waals surface area contributed by atoms with Gasteiger partial charge in [-0.15, -0.1) is 0 Å². The summed E-state index contributed by atoms with van der Waals surface area (Å²) in [6.45, 7) is 1.43. The van der Waals surface area contributed by atoms with Crippen LogP contribution in [0.25, 0.3) is 0 Å². The first kappa shape index (κ1) is 10.1. The topological polar surface area (TPSA) is 46.2 Å². The molecule has 0 aromatic heterocycles. The third-order valence-electron chi connectivity index (χ3n) is 1.84. The normalized spacial score (nSPS) is 15.5. The summed E-state index contributed by atoms with van der Waals surface area (Å²) in [6.07, 6.45) is -0.906. The van der Waals surface area contributed by atoms with Crippen molar-refractivity contribution in [2.45, 2.75) is 19.1 Å². The molecule has 0 heterocycles. The van der Waals surface area contributed by atoms with Gasteiger partial charge in [-0.25, -0.2) is 8.78 Å². The molecule has 0 fully saturated rings. The molecule has 4 heteroatoms. The molecule has 72 valence electrons. The van der Waals surface area contributed by atoms with Gasteiger partial charge >= 0.3 is 0 Å². The fraction of sp³-hybridized carbons (Fsp3) is 0.333. The molecule has 0 aliphatic heterocycles. The molecule has 0 saturated heterocycles. The van der Waals surface area contributed by atoms with E-state index >= 15 is 0 Å². The number of benzene rings is 1. The maximum Gasteiger partial charge on any atom is 0.128 e. The molecular formula is C9H11F2NO. The summed E-state index contributed by atoms with van der Waals surface area (Å²) in [5, 5.41) is 9.08. The molecule has 0 aliphatic carbocycles. The molecule has 0 bridgehead atoms. The lowest BCUT2D eigenvalue weighted by molar-refractivity contribution is 0.162. The lowest BCUT2D eigenvalue weighted by Gasteiger charge is -2.15. The Morgan fingerprint density at radius 3 is 2.54 bits per heavy atom. The summed E-state index contributed by atoms with van der Waals surface area (Å²) in [6, 6.07) is 2.10. The van der Waals surface area contributed by atoms with Crippen LogP contribution in [0.2, 0.25) is 0 Å². The number of halogens is 2. The maximum absolute atomic E-state index is 13.0. The summed E-state index contributed by atoms with van der Waals surface area (Å²) in [4.78, 5) is 0.